The lowest BCUT2D eigenvalue weighted by atomic mass is 10.2. The number of nitrogens with two attached hydrogens (primary N) is 1. The topological polar surface area (TPSA) is 55.1 Å². The summed E-state index contributed by atoms with van der Waals surface area (Å²) in [6.07, 6.45) is 2.22. The van der Waals surface area contributed by atoms with E-state index < -0.39 is 0 Å². The minimum Gasteiger partial charge on any atom is -0.399 e. The van der Waals surface area contributed by atoms with E-state index in [0.29, 0.717) is 17.3 Å². The highest BCUT2D eigenvalue weighted by Gasteiger charge is 2.23. The molecule has 1 aliphatic rings. The third-order valence-electron chi connectivity index (χ3n) is 2.09. The molecule has 1 fully saturated rings. The molecule has 0 bridgehead atoms. The normalized spacial score (nSPS) is 15.4. The van der Waals surface area contributed by atoms with Gasteiger partial charge in [-0.25, -0.2) is 0 Å². The number of anilines is 1. The fourth-order valence-electron chi connectivity index (χ4n) is 1.13. The Kier molecular flexibility index (Phi) is 1.93. The first-order valence-electron chi connectivity index (χ1n) is 4.42. The Morgan fingerprint density at radius 2 is 1.92 bits per heavy atom. The van der Waals surface area contributed by atoms with E-state index in [1.54, 1.807) is 24.3 Å². The van der Waals surface area contributed by atoms with Crippen molar-refractivity contribution < 1.29 is 4.79 Å². The second-order valence-corrected chi connectivity index (χ2v) is 3.37. The molecule has 1 aromatic rings. The summed E-state index contributed by atoms with van der Waals surface area (Å²) in [6.45, 7) is 0. The Labute approximate surface area is 76.9 Å². The van der Waals surface area contributed by atoms with Gasteiger partial charge in [-0.2, -0.15) is 0 Å². The quantitative estimate of drug-likeness (QED) is 0.664. The standard InChI is InChI=1S/C10H12N2O/c11-8-3-1-7(2-4-8)10(13)12-9-5-6-9/h1-4,9H,5-6,11H2,(H,12,13). The number of hydrogen-bond donors (Lipinski definition) is 2. The van der Waals surface area contributed by atoms with Gasteiger partial charge in [0.05, 0.1) is 0 Å². The van der Waals surface area contributed by atoms with Crippen molar-refractivity contribution in [3.05, 3.63) is 29.8 Å². The Balaban J connectivity index is 2.05. The van der Waals surface area contributed by atoms with Crippen molar-refractivity contribution in [2.75, 3.05) is 5.73 Å². The van der Waals surface area contributed by atoms with Gasteiger partial charge in [-0.1, -0.05) is 0 Å². The highest BCUT2D eigenvalue weighted by molar-refractivity contribution is 5.94. The van der Waals surface area contributed by atoms with Crippen molar-refractivity contribution in [2.45, 2.75) is 18.9 Å². The third kappa shape index (κ3) is 1.99. The molecule has 3 nitrogen and oxygen atoms in total. The van der Waals surface area contributed by atoms with Gasteiger partial charge in [0.2, 0.25) is 0 Å². The van der Waals surface area contributed by atoms with Gasteiger partial charge in [-0.15, -0.1) is 0 Å². The molecular formula is C10H12N2O. The fraction of sp³-hybridized carbons (Fsp3) is 0.300. The average Bonchev–Trinajstić information content (AvgIpc) is 2.89. The largest absolute Gasteiger partial charge is 0.399 e. The van der Waals surface area contributed by atoms with E-state index in [4.69, 9.17) is 5.73 Å². The summed E-state index contributed by atoms with van der Waals surface area (Å²) in [5, 5.41) is 2.91. The highest BCUT2D eigenvalue weighted by Crippen LogP contribution is 2.19. The van der Waals surface area contributed by atoms with Crippen LogP contribution in [0.5, 0.6) is 0 Å². The van der Waals surface area contributed by atoms with Gasteiger partial charge in [0.25, 0.3) is 5.91 Å². The van der Waals surface area contributed by atoms with Crippen LogP contribution in [0.15, 0.2) is 24.3 Å². The Bertz CT molecular complexity index is 314. The van der Waals surface area contributed by atoms with E-state index in [9.17, 15) is 4.79 Å². The molecule has 0 spiro atoms. The zero-order chi connectivity index (χ0) is 9.26. The first-order valence-corrected chi connectivity index (χ1v) is 4.42. The molecule has 1 aromatic carbocycles. The summed E-state index contributed by atoms with van der Waals surface area (Å²) < 4.78 is 0. The molecule has 68 valence electrons. The number of nitrogens with one attached hydrogen (secondary N) is 1. The molecule has 0 atom stereocenters. The molecule has 0 aliphatic heterocycles. The molecule has 0 heterocycles. The molecule has 0 radical (unpaired) electrons. The maximum atomic E-state index is 11.5. The van der Waals surface area contributed by atoms with E-state index in [1.807, 2.05) is 0 Å². The van der Waals surface area contributed by atoms with Crippen LogP contribution in [0, 0.1) is 0 Å². The van der Waals surface area contributed by atoms with Gasteiger partial charge in [-0.3, -0.25) is 4.79 Å². The van der Waals surface area contributed by atoms with E-state index >= 15 is 0 Å². The highest BCUT2D eigenvalue weighted by atomic mass is 16.1. The van der Waals surface area contributed by atoms with Crippen molar-refractivity contribution in [1.29, 1.82) is 0 Å². The first-order chi connectivity index (χ1) is 6.25. The number of amides is 1. The van der Waals surface area contributed by atoms with Crippen molar-refractivity contribution in [1.82, 2.24) is 5.32 Å². The van der Waals surface area contributed by atoms with Crippen LogP contribution in [-0.2, 0) is 0 Å². The summed E-state index contributed by atoms with van der Waals surface area (Å²) in [7, 11) is 0. The van der Waals surface area contributed by atoms with Gasteiger partial charge in [0.1, 0.15) is 0 Å². The maximum Gasteiger partial charge on any atom is 0.251 e. The van der Waals surface area contributed by atoms with Crippen LogP contribution in [0.25, 0.3) is 0 Å². The molecule has 0 saturated heterocycles. The minimum atomic E-state index is 0.00231. The van der Waals surface area contributed by atoms with Crippen molar-refractivity contribution >= 4 is 11.6 Å². The van der Waals surface area contributed by atoms with Gasteiger partial charge >= 0.3 is 0 Å². The molecule has 0 unspecified atom stereocenters. The second-order valence-electron chi connectivity index (χ2n) is 3.37. The monoisotopic (exact) mass is 176 g/mol. The predicted molar refractivity (Wildman–Crippen MR) is 51.3 cm³/mol. The van der Waals surface area contributed by atoms with Gasteiger partial charge in [-0.05, 0) is 37.1 Å². The number of benzene rings is 1. The number of carbonyl (C=O) groups excluding carboxylic acids is 1. The summed E-state index contributed by atoms with van der Waals surface area (Å²) in [6, 6.07) is 7.37. The summed E-state index contributed by atoms with van der Waals surface area (Å²) in [4.78, 5) is 11.5. The van der Waals surface area contributed by atoms with Crippen LogP contribution in [0.1, 0.15) is 23.2 Å². The SMILES string of the molecule is Nc1ccc(C(=O)NC2CC2)cc1. The molecular weight excluding hydrogens is 164 g/mol. The lowest BCUT2D eigenvalue weighted by Crippen LogP contribution is -2.25. The van der Waals surface area contributed by atoms with Crippen molar-refractivity contribution in [3.8, 4) is 0 Å². The van der Waals surface area contributed by atoms with Crippen LogP contribution in [-0.4, -0.2) is 11.9 Å². The Hall–Kier alpha value is -1.51. The molecule has 0 aromatic heterocycles. The Morgan fingerprint density at radius 3 is 2.46 bits per heavy atom. The number of carbonyl (C=O) groups is 1. The van der Waals surface area contributed by atoms with Crippen molar-refractivity contribution in [2.24, 2.45) is 0 Å². The van der Waals surface area contributed by atoms with E-state index in [-0.39, 0.29) is 5.91 Å². The lowest BCUT2D eigenvalue weighted by Gasteiger charge is -2.02. The zero-order valence-corrected chi connectivity index (χ0v) is 7.29. The number of rotatable bonds is 2. The number of hydrogen-bond acceptors (Lipinski definition) is 2. The maximum absolute atomic E-state index is 11.5. The van der Waals surface area contributed by atoms with Crippen molar-refractivity contribution in [3.63, 3.8) is 0 Å². The molecule has 3 N–H and O–H groups in total. The second kappa shape index (κ2) is 3.09. The fourth-order valence-corrected chi connectivity index (χ4v) is 1.13. The van der Waals surface area contributed by atoms with Crippen LogP contribution in [0.2, 0.25) is 0 Å². The first kappa shape index (κ1) is 8.10. The predicted octanol–water partition coefficient (Wildman–Crippen LogP) is 1.16. The smallest absolute Gasteiger partial charge is 0.251 e. The summed E-state index contributed by atoms with van der Waals surface area (Å²) >= 11 is 0. The average molecular weight is 176 g/mol. The summed E-state index contributed by atoms with van der Waals surface area (Å²) in [5.41, 5.74) is 6.87. The molecule has 1 saturated carbocycles. The minimum absolute atomic E-state index is 0.00231. The molecule has 13 heavy (non-hydrogen) atoms. The molecule has 2 rings (SSSR count). The van der Waals surface area contributed by atoms with Crippen LogP contribution >= 0.6 is 0 Å². The lowest BCUT2D eigenvalue weighted by molar-refractivity contribution is 0.0951. The van der Waals surface area contributed by atoms with E-state index in [2.05, 4.69) is 5.32 Å². The van der Waals surface area contributed by atoms with Gasteiger partial charge in [0, 0.05) is 17.3 Å². The molecule has 1 aliphatic carbocycles. The van der Waals surface area contributed by atoms with E-state index in [0.717, 1.165) is 12.8 Å². The zero-order valence-electron chi connectivity index (χ0n) is 7.29. The van der Waals surface area contributed by atoms with Crippen LogP contribution < -0.4 is 11.1 Å². The molecule has 3 heteroatoms. The van der Waals surface area contributed by atoms with Gasteiger partial charge < -0.3 is 11.1 Å². The third-order valence-corrected chi connectivity index (χ3v) is 2.09. The Morgan fingerprint density at radius 1 is 1.31 bits per heavy atom. The van der Waals surface area contributed by atoms with E-state index in [1.165, 1.54) is 0 Å². The molecule has 1 amide bonds. The number of nitrogen functional groups attached to an aromatic ring is 1. The summed E-state index contributed by atoms with van der Waals surface area (Å²) in [5.74, 6) is 0.00231. The van der Waals surface area contributed by atoms with Gasteiger partial charge in [0.15, 0.2) is 0 Å². The van der Waals surface area contributed by atoms with Crippen LogP contribution in [0.3, 0.4) is 0 Å². The van der Waals surface area contributed by atoms with Crippen LogP contribution in [0.4, 0.5) is 5.69 Å².